The molecule has 3 heteroatoms. The third-order valence-electron chi connectivity index (χ3n) is 2.15. The van der Waals surface area contributed by atoms with Crippen molar-refractivity contribution in [3.63, 3.8) is 0 Å². The zero-order chi connectivity index (χ0) is 9.03. The van der Waals surface area contributed by atoms with Gasteiger partial charge in [0.25, 0.3) is 0 Å². The molecule has 0 amide bonds. The van der Waals surface area contributed by atoms with Crippen molar-refractivity contribution >= 4 is 6.29 Å². The van der Waals surface area contributed by atoms with Crippen molar-refractivity contribution in [3.8, 4) is 0 Å². The van der Waals surface area contributed by atoms with E-state index in [0.29, 0.717) is 0 Å². The molecule has 1 aliphatic rings. The van der Waals surface area contributed by atoms with E-state index in [4.69, 9.17) is 9.47 Å². The molecular weight excluding hydrogens is 156 g/mol. The van der Waals surface area contributed by atoms with E-state index in [1.165, 1.54) is 0 Å². The molecule has 0 heterocycles. The first-order chi connectivity index (χ1) is 5.73. The summed E-state index contributed by atoms with van der Waals surface area (Å²) in [6, 6.07) is 0. The summed E-state index contributed by atoms with van der Waals surface area (Å²) in [6.45, 7) is 2.10. The monoisotopic (exact) mass is 170 g/mol. The molecule has 0 radical (unpaired) electrons. The van der Waals surface area contributed by atoms with E-state index in [9.17, 15) is 4.79 Å². The van der Waals surface area contributed by atoms with Gasteiger partial charge in [0, 0.05) is 7.11 Å². The molecular formula is C9H14O3. The Morgan fingerprint density at radius 1 is 1.75 bits per heavy atom. The van der Waals surface area contributed by atoms with E-state index in [0.717, 1.165) is 24.9 Å². The highest BCUT2D eigenvalue weighted by Gasteiger charge is 2.33. The fourth-order valence-electron chi connectivity index (χ4n) is 1.32. The number of carbonyl (C=O) groups is 1. The predicted molar refractivity (Wildman–Crippen MR) is 44.4 cm³/mol. The second kappa shape index (κ2) is 3.72. The lowest BCUT2D eigenvalue weighted by Crippen LogP contribution is -2.19. The van der Waals surface area contributed by atoms with Gasteiger partial charge in [-0.05, 0) is 25.8 Å². The second-order valence-electron chi connectivity index (χ2n) is 3.19. The Hall–Kier alpha value is -0.830. The first-order valence-electron chi connectivity index (χ1n) is 4.01. The molecule has 68 valence electrons. The van der Waals surface area contributed by atoms with Crippen LogP contribution < -0.4 is 0 Å². The number of hydrogen-bond donors (Lipinski definition) is 0. The fourth-order valence-corrected chi connectivity index (χ4v) is 1.32. The van der Waals surface area contributed by atoms with Crippen molar-refractivity contribution in [3.05, 3.63) is 11.8 Å². The van der Waals surface area contributed by atoms with Crippen LogP contribution in [-0.2, 0) is 14.3 Å². The summed E-state index contributed by atoms with van der Waals surface area (Å²) in [5.41, 5.74) is -0.418. The van der Waals surface area contributed by atoms with Gasteiger partial charge in [0.1, 0.15) is 12.0 Å². The molecule has 12 heavy (non-hydrogen) atoms. The number of rotatable bonds is 4. The molecule has 0 bridgehead atoms. The van der Waals surface area contributed by atoms with Crippen LogP contribution in [0.15, 0.2) is 11.8 Å². The lowest BCUT2D eigenvalue weighted by Gasteiger charge is -2.20. The molecule has 1 atom stereocenters. The summed E-state index contributed by atoms with van der Waals surface area (Å²) in [5, 5.41) is 0. The number of hydrogen-bond acceptors (Lipinski definition) is 3. The zero-order valence-electron chi connectivity index (χ0n) is 7.50. The summed E-state index contributed by atoms with van der Waals surface area (Å²) >= 11 is 0. The van der Waals surface area contributed by atoms with Gasteiger partial charge < -0.3 is 14.3 Å². The highest BCUT2D eigenvalue weighted by Crippen LogP contribution is 2.36. The van der Waals surface area contributed by atoms with Crippen LogP contribution >= 0.6 is 0 Å². The molecule has 0 saturated heterocycles. The van der Waals surface area contributed by atoms with E-state index in [1.54, 1.807) is 7.11 Å². The van der Waals surface area contributed by atoms with E-state index in [2.05, 4.69) is 0 Å². The minimum atomic E-state index is -0.418. The van der Waals surface area contributed by atoms with Crippen LogP contribution in [0, 0.1) is 5.41 Å². The van der Waals surface area contributed by atoms with Crippen molar-refractivity contribution in [2.45, 2.75) is 19.8 Å². The van der Waals surface area contributed by atoms with Gasteiger partial charge in [-0.15, -0.1) is 0 Å². The lowest BCUT2D eigenvalue weighted by atomic mass is 9.91. The highest BCUT2D eigenvalue weighted by atomic mass is 16.7. The first-order valence-corrected chi connectivity index (χ1v) is 4.01. The average molecular weight is 170 g/mol. The van der Waals surface area contributed by atoms with Gasteiger partial charge >= 0.3 is 0 Å². The molecule has 0 unspecified atom stereocenters. The third kappa shape index (κ3) is 1.67. The SMILES string of the molecule is COCOC1=CCC[C@@]1(C)C=O. The Balaban J connectivity index is 2.56. The number of ether oxygens (including phenoxy) is 2. The molecule has 1 rings (SSSR count). The molecule has 0 aromatic carbocycles. The minimum absolute atomic E-state index is 0.218. The Morgan fingerprint density at radius 2 is 2.50 bits per heavy atom. The van der Waals surface area contributed by atoms with E-state index >= 15 is 0 Å². The van der Waals surface area contributed by atoms with Crippen LogP contribution in [0.1, 0.15) is 19.8 Å². The van der Waals surface area contributed by atoms with E-state index in [-0.39, 0.29) is 6.79 Å². The van der Waals surface area contributed by atoms with Crippen LogP contribution in [-0.4, -0.2) is 20.2 Å². The molecule has 0 aromatic rings. The van der Waals surface area contributed by atoms with E-state index in [1.807, 2.05) is 13.0 Å². The van der Waals surface area contributed by atoms with Crippen molar-refractivity contribution in [1.29, 1.82) is 0 Å². The van der Waals surface area contributed by atoms with Gasteiger partial charge in [-0.25, -0.2) is 0 Å². The summed E-state index contributed by atoms with van der Waals surface area (Å²) in [7, 11) is 1.56. The van der Waals surface area contributed by atoms with Crippen LogP contribution in [0.25, 0.3) is 0 Å². The van der Waals surface area contributed by atoms with Crippen LogP contribution in [0.4, 0.5) is 0 Å². The summed E-state index contributed by atoms with van der Waals surface area (Å²) in [5.74, 6) is 0.749. The fraction of sp³-hybridized carbons (Fsp3) is 0.667. The quantitative estimate of drug-likeness (QED) is 0.473. The van der Waals surface area contributed by atoms with Gasteiger partial charge in [0.2, 0.25) is 0 Å². The number of methoxy groups -OCH3 is 1. The minimum Gasteiger partial charge on any atom is -0.471 e. The normalized spacial score (nSPS) is 28.3. The van der Waals surface area contributed by atoms with Gasteiger partial charge in [-0.1, -0.05) is 0 Å². The molecule has 1 aliphatic carbocycles. The van der Waals surface area contributed by atoms with E-state index < -0.39 is 5.41 Å². The van der Waals surface area contributed by atoms with Crippen LogP contribution in [0.2, 0.25) is 0 Å². The van der Waals surface area contributed by atoms with Gasteiger partial charge in [-0.2, -0.15) is 0 Å². The van der Waals surface area contributed by atoms with Crippen LogP contribution in [0.5, 0.6) is 0 Å². The summed E-state index contributed by atoms with van der Waals surface area (Å²) in [4.78, 5) is 10.7. The maximum Gasteiger partial charge on any atom is 0.188 e. The Morgan fingerprint density at radius 3 is 3.08 bits per heavy atom. The number of aldehydes is 1. The molecule has 0 aromatic heterocycles. The van der Waals surface area contributed by atoms with Crippen molar-refractivity contribution in [1.82, 2.24) is 0 Å². The Kier molecular flexibility index (Phi) is 2.87. The Bertz CT molecular complexity index is 198. The predicted octanol–water partition coefficient (Wildman–Crippen LogP) is 1.49. The highest BCUT2D eigenvalue weighted by molar-refractivity contribution is 5.64. The smallest absolute Gasteiger partial charge is 0.188 e. The van der Waals surface area contributed by atoms with Crippen molar-refractivity contribution < 1.29 is 14.3 Å². The molecule has 3 nitrogen and oxygen atoms in total. The third-order valence-corrected chi connectivity index (χ3v) is 2.15. The maximum absolute atomic E-state index is 10.7. The molecule has 0 fully saturated rings. The zero-order valence-corrected chi connectivity index (χ0v) is 7.50. The van der Waals surface area contributed by atoms with Crippen molar-refractivity contribution in [2.75, 3.05) is 13.9 Å². The van der Waals surface area contributed by atoms with Gasteiger partial charge in [0.05, 0.1) is 5.41 Å². The molecule has 0 spiro atoms. The average Bonchev–Trinajstić information content (AvgIpc) is 2.45. The molecule has 0 N–H and O–H groups in total. The lowest BCUT2D eigenvalue weighted by molar-refractivity contribution is -0.116. The second-order valence-corrected chi connectivity index (χ2v) is 3.19. The summed E-state index contributed by atoms with van der Waals surface area (Å²) < 4.78 is 10.0. The Labute approximate surface area is 72.4 Å². The molecule has 0 aliphatic heterocycles. The van der Waals surface area contributed by atoms with Crippen LogP contribution in [0.3, 0.4) is 0 Å². The summed E-state index contributed by atoms with van der Waals surface area (Å²) in [6.07, 6.45) is 4.65. The molecule has 0 saturated carbocycles. The van der Waals surface area contributed by atoms with Gasteiger partial charge in [-0.3, -0.25) is 0 Å². The number of carbonyl (C=O) groups excluding carboxylic acids is 1. The van der Waals surface area contributed by atoms with Crippen molar-refractivity contribution in [2.24, 2.45) is 5.41 Å². The van der Waals surface area contributed by atoms with Gasteiger partial charge in [0.15, 0.2) is 6.79 Å². The topological polar surface area (TPSA) is 35.5 Å². The maximum atomic E-state index is 10.7. The number of allylic oxidation sites excluding steroid dienone is 2. The standard InChI is InChI=1S/C9H14O3/c1-9(6-10)5-3-4-8(9)12-7-11-2/h4,6H,3,5,7H2,1-2H3/t9-/m0/s1. The first kappa shape index (κ1) is 9.26. The largest absolute Gasteiger partial charge is 0.471 e.